The Kier molecular flexibility index (Phi) is 6.77. The van der Waals surface area contributed by atoms with E-state index in [1.54, 1.807) is 11.1 Å². The van der Waals surface area contributed by atoms with Crippen LogP contribution in [0.25, 0.3) is 55.3 Å². The van der Waals surface area contributed by atoms with E-state index in [9.17, 15) is 0 Å². The largest absolute Gasteiger partial charge is 0.456 e. The first kappa shape index (κ1) is 33.1. The first-order chi connectivity index (χ1) is 28.5. The highest BCUT2D eigenvalue weighted by molar-refractivity contribution is 6.06. The number of anilines is 3. The van der Waals surface area contributed by atoms with E-state index in [4.69, 9.17) is 4.42 Å². The Morgan fingerprint density at radius 1 is 0.483 bits per heavy atom. The average Bonchev–Trinajstić information content (AvgIpc) is 3.79. The molecule has 58 heavy (non-hydrogen) atoms. The molecule has 4 bridgehead atoms. The Bertz CT molecular complexity index is 2970. The van der Waals surface area contributed by atoms with E-state index in [0.717, 1.165) is 33.8 Å². The molecule has 0 aliphatic heterocycles. The Balaban J connectivity index is 1.01. The van der Waals surface area contributed by atoms with E-state index in [1.165, 1.54) is 100 Å². The molecule has 1 heterocycles. The van der Waals surface area contributed by atoms with Gasteiger partial charge in [0.25, 0.3) is 0 Å². The second-order valence-corrected chi connectivity index (χ2v) is 18.9. The van der Waals surface area contributed by atoms with Gasteiger partial charge in [-0.2, -0.15) is 0 Å². The molecule has 1 aromatic heterocycles. The molecule has 0 saturated heterocycles. The highest BCUT2D eigenvalue weighted by atomic mass is 16.3. The first-order valence-electron chi connectivity index (χ1n) is 21.8. The van der Waals surface area contributed by atoms with Crippen LogP contribution in [0.5, 0.6) is 0 Å². The predicted molar refractivity (Wildman–Crippen MR) is 239 cm³/mol. The van der Waals surface area contributed by atoms with Crippen molar-refractivity contribution in [1.82, 2.24) is 0 Å². The summed E-state index contributed by atoms with van der Waals surface area (Å²) in [4.78, 5) is 2.59. The third-order valence-corrected chi connectivity index (χ3v) is 15.8. The number of rotatable bonds is 4. The van der Waals surface area contributed by atoms with E-state index in [0.29, 0.717) is 11.8 Å². The second kappa shape index (κ2) is 11.9. The number of benzene rings is 7. The van der Waals surface area contributed by atoms with E-state index >= 15 is 0 Å². The summed E-state index contributed by atoms with van der Waals surface area (Å²) in [6.07, 6.45) is 8.39. The van der Waals surface area contributed by atoms with Gasteiger partial charge in [-0.05, 0) is 154 Å². The molecule has 6 aliphatic carbocycles. The van der Waals surface area contributed by atoms with Gasteiger partial charge < -0.3 is 9.32 Å². The minimum atomic E-state index is -0.0959. The minimum Gasteiger partial charge on any atom is -0.456 e. The van der Waals surface area contributed by atoms with Crippen molar-refractivity contribution in [2.24, 2.45) is 23.7 Å². The van der Waals surface area contributed by atoms with Crippen molar-refractivity contribution < 1.29 is 4.42 Å². The van der Waals surface area contributed by atoms with E-state index in [2.05, 4.69) is 164 Å². The topological polar surface area (TPSA) is 16.4 Å². The standard InChI is InChI=1S/C56H47NO/c1-55(2)47-13-6-3-10-42(47)43-26-25-41(33-50(43)55)57(40-23-19-36(20-24-40)37-21-27-53-46(32-37)44-11-5-8-17-52(44)58-53)51-16-9-15-49-54(51)45-12-4-7-14-48(45)56(49)38-22-18-34-28-35(30-38)31-39(56)29-34/h3-17,19-21,23-27,32-35,38-39H,18,22,28-31H2,1-2H3. The van der Waals surface area contributed by atoms with Crippen molar-refractivity contribution >= 4 is 39.0 Å². The normalized spacial score (nSPS) is 24.2. The van der Waals surface area contributed by atoms with Gasteiger partial charge in [-0.15, -0.1) is 0 Å². The van der Waals surface area contributed by atoms with Crippen LogP contribution in [0.4, 0.5) is 17.1 Å². The number of hydrogen-bond donors (Lipinski definition) is 0. The zero-order chi connectivity index (χ0) is 38.3. The number of furan rings is 1. The molecule has 5 atom stereocenters. The average molecular weight is 750 g/mol. The third kappa shape index (κ3) is 4.39. The number of fused-ring (bicyclic) bond motifs is 10. The molecule has 8 aromatic rings. The molecule has 282 valence electrons. The monoisotopic (exact) mass is 749 g/mol. The Morgan fingerprint density at radius 3 is 2.07 bits per heavy atom. The molecule has 4 fully saturated rings. The predicted octanol–water partition coefficient (Wildman–Crippen LogP) is 15.1. The fourth-order valence-corrected chi connectivity index (χ4v) is 13.5. The van der Waals surface area contributed by atoms with Crippen molar-refractivity contribution in [2.75, 3.05) is 4.90 Å². The number of hydrogen-bond acceptors (Lipinski definition) is 2. The molecule has 6 aliphatic rings. The van der Waals surface area contributed by atoms with Crippen LogP contribution >= 0.6 is 0 Å². The van der Waals surface area contributed by atoms with Crippen molar-refractivity contribution in [3.8, 4) is 33.4 Å². The zero-order valence-corrected chi connectivity index (χ0v) is 33.3. The molecule has 5 unspecified atom stereocenters. The van der Waals surface area contributed by atoms with Gasteiger partial charge in [0, 0.05) is 38.5 Å². The Hall–Kier alpha value is -5.86. The minimum absolute atomic E-state index is 0.0959. The van der Waals surface area contributed by atoms with Crippen molar-refractivity contribution in [3.63, 3.8) is 0 Å². The maximum Gasteiger partial charge on any atom is 0.135 e. The molecular weight excluding hydrogens is 703 g/mol. The van der Waals surface area contributed by atoms with Gasteiger partial charge >= 0.3 is 0 Å². The van der Waals surface area contributed by atoms with Crippen LogP contribution in [0, 0.1) is 23.7 Å². The van der Waals surface area contributed by atoms with Crippen LogP contribution in [0.1, 0.15) is 74.6 Å². The van der Waals surface area contributed by atoms with Gasteiger partial charge in [0.15, 0.2) is 0 Å². The van der Waals surface area contributed by atoms with Crippen LogP contribution in [-0.2, 0) is 10.8 Å². The smallest absolute Gasteiger partial charge is 0.135 e. The molecule has 0 amide bonds. The lowest BCUT2D eigenvalue weighted by molar-refractivity contribution is 0.0618. The van der Waals surface area contributed by atoms with Crippen molar-refractivity contribution in [3.05, 3.63) is 174 Å². The summed E-state index contributed by atoms with van der Waals surface area (Å²) in [5, 5.41) is 2.32. The summed E-state index contributed by atoms with van der Waals surface area (Å²) in [6, 6.07) is 57.5. The second-order valence-electron chi connectivity index (χ2n) is 18.9. The fraction of sp³-hybridized carbons (Fsp3) is 0.250. The molecule has 2 heteroatoms. The molecule has 0 radical (unpaired) electrons. The molecule has 4 saturated carbocycles. The summed E-state index contributed by atoms with van der Waals surface area (Å²) in [5.74, 6) is 3.22. The Morgan fingerprint density at radius 2 is 1.17 bits per heavy atom. The summed E-state index contributed by atoms with van der Waals surface area (Å²) in [7, 11) is 0. The first-order valence-corrected chi connectivity index (χ1v) is 21.8. The zero-order valence-electron chi connectivity index (χ0n) is 33.3. The summed E-state index contributed by atoms with van der Waals surface area (Å²) >= 11 is 0. The number of nitrogens with zero attached hydrogens (tertiary/aromatic N) is 1. The van der Waals surface area contributed by atoms with Crippen LogP contribution in [0.15, 0.2) is 156 Å². The highest BCUT2D eigenvalue weighted by Gasteiger charge is 2.60. The van der Waals surface area contributed by atoms with Crippen LogP contribution in [-0.4, -0.2) is 0 Å². The lowest BCUT2D eigenvalue weighted by Crippen LogP contribution is -2.48. The van der Waals surface area contributed by atoms with Gasteiger partial charge in [-0.1, -0.05) is 123 Å². The lowest BCUT2D eigenvalue weighted by Gasteiger charge is -2.53. The highest BCUT2D eigenvalue weighted by Crippen LogP contribution is 2.69. The maximum absolute atomic E-state index is 6.19. The van der Waals surface area contributed by atoms with Crippen molar-refractivity contribution in [1.29, 1.82) is 0 Å². The molecule has 7 aromatic carbocycles. The van der Waals surface area contributed by atoms with Gasteiger partial charge in [0.2, 0.25) is 0 Å². The molecule has 2 nitrogen and oxygen atoms in total. The lowest BCUT2D eigenvalue weighted by atomic mass is 9.51. The van der Waals surface area contributed by atoms with Gasteiger partial charge in [0.1, 0.15) is 11.2 Å². The SMILES string of the molecule is CC1(C)c2ccccc2-c2ccc(N(c3ccc(-c4ccc5oc6ccccc6c5c4)cc3)c3cccc4c3-c3ccccc3C43C4CCC5CC(C4)CC3C5)cc21. The molecular formula is C56H47NO. The molecule has 0 N–H and O–H groups in total. The molecule has 14 rings (SSSR count). The summed E-state index contributed by atoms with van der Waals surface area (Å²) in [6.45, 7) is 4.80. The van der Waals surface area contributed by atoms with Crippen LogP contribution in [0.2, 0.25) is 0 Å². The maximum atomic E-state index is 6.19. The molecule has 1 spiro atoms. The number of para-hydroxylation sites is 1. The summed E-state index contributed by atoms with van der Waals surface area (Å²) < 4.78 is 6.19. The van der Waals surface area contributed by atoms with Crippen molar-refractivity contribution in [2.45, 2.75) is 63.2 Å². The van der Waals surface area contributed by atoms with E-state index in [-0.39, 0.29) is 10.8 Å². The van der Waals surface area contributed by atoms with Crippen LogP contribution < -0.4 is 4.90 Å². The van der Waals surface area contributed by atoms with Gasteiger partial charge in [-0.3, -0.25) is 0 Å². The van der Waals surface area contributed by atoms with Gasteiger partial charge in [-0.25, -0.2) is 0 Å². The van der Waals surface area contributed by atoms with Crippen LogP contribution in [0.3, 0.4) is 0 Å². The Labute approximate surface area is 341 Å². The third-order valence-electron chi connectivity index (χ3n) is 15.8. The quantitative estimate of drug-likeness (QED) is 0.178. The van der Waals surface area contributed by atoms with E-state index in [1.807, 2.05) is 6.07 Å². The van der Waals surface area contributed by atoms with Gasteiger partial charge in [0.05, 0.1) is 5.69 Å². The van der Waals surface area contributed by atoms with E-state index < -0.39 is 0 Å². The summed E-state index contributed by atoms with van der Waals surface area (Å²) in [5.41, 5.74) is 19.6. The fourth-order valence-electron chi connectivity index (χ4n) is 13.5.